The summed E-state index contributed by atoms with van der Waals surface area (Å²) in [5, 5.41) is 10.3. The maximum absolute atomic E-state index is 9.93. The van der Waals surface area contributed by atoms with E-state index in [1.165, 1.54) is 14.2 Å². The lowest BCUT2D eigenvalue weighted by Gasteiger charge is -2.12. The van der Waals surface area contributed by atoms with Crippen LogP contribution in [-0.2, 0) is 0 Å². The molecule has 0 atom stereocenters. The minimum atomic E-state index is -0.0587. The first-order valence-electron chi connectivity index (χ1n) is 4.65. The molecular formula is C11H14ClNO3. The van der Waals surface area contributed by atoms with E-state index in [9.17, 15) is 5.11 Å². The Balaban J connectivity index is 3.34. The zero-order valence-corrected chi connectivity index (χ0v) is 9.91. The van der Waals surface area contributed by atoms with Crippen LogP contribution in [0.15, 0.2) is 12.1 Å². The van der Waals surface area contributed by atoms with Crippen molar-refractivity contribution in [2.24, 2.45) is 5.73 Å². The maximum atomic E-state index is 9.93. The SMILES string of the molecule is COc1cc(Cl)c(/C=C/CN)c(O)c1OC. The van der Waals surface area contributed by atoms with E-state index in [4.69, 9.17) is 26.8 Å². The highest BCUT2D eigenvalue weighted by Crippen LogP contribution is 2.43. The molecule has 16 heavy (non-hydrogen) atoms. The van der Waals surface area contributed by atoms with Crippen molar-refractivity contribution in [1.29, 1.82) is 0 Å². The van der Waals surface area contributed by atoms with E-state index in [0.717, 1.165) is 0 Å². The Morgan fingerprint density at radius 2 is 2.12 bits per heavy atom. The lowest BCUT2D eigenvalue weighted by atomic mass is 10.1. The molecule has 0 saturated carbocycles. The van der Waals surface area contributed by atoms with E-state index in [-0.39, 0.29) is 11.5 Å². The van der Waals surface area contributed by atoms with Gasteiger partial charge in [0.15, 0.2) is 11.5 Å². The minimum absolute atomic E-state index is 0.0587. The van der Waals surface area contributed by atoms with E-state index >= 15 is 0 Å². The molecule has 5 heteroatoms. The number of aromatic hydroxyl groups is 1. The van der Waals surface area contributed by atoms with Gasteiger partial charge in [0.2, 0.25) is 5.75 Å². The number of hydrogen-bond donors (Lipinski definition) is 2. The summed E-state index contributed by atoms with van der Waals surface area (Å²) < 4.78 is 10.1. The van der Waals surface area contributed by atoms with Crippen LogP contribution in [0.5, 0.6) is 17.2 Å². The summed E-state index contributed by atoms with van der Waals surface area (Å²) in [7, 11) is 2.92. The second-order valence-electron chi connectivity index (χ2n) is 2.99. The average molecular weight is 244 g/mol. The fraction of sp³-hybridized carbons (Fsp3) is 0.273. The van der Waals surface area contributed by atoms with Gasteiger partial charge in [0.05, 0.1) is 19.2 Å². The first-order valence-corrected chi connectivity index (χ1v) is 5.03. The fourth-order valence-electron chi connectivity index (χ4n) is 1.30. The van der Waals surface area contributed by atoms with Gasteiger partial charge < -0.3 is 20.3 Å². The van der Waals surface area contributed by atoms with Crippen molar-refractivity contribution >= 4 is 17.7 Å². The first kappa shape index (κ1) is 12.7. The Bertz CT molecular complexity index is 405. The van der Waals surface area contributed by atoms with Gasteiger partial charge in [0.1, 0.15) is 0 Å². The Kier molecular flexibility index (Phi) is 4.46. The summed E-state index contributed by atoms with van der Waals surface area (Å²) >= 11 is 5.99. The molecule has 0 amide bonds. The Labute approximate surface area is 99.2 Å². The number of benzene rings is 1. The van der Waals surface area contributed by atoms with Crippen LogP contribution in [0.1, 0.15) is 5.56 Å². The molecule has 0 spiro atoms. The van der Waals surface area contributed by atoms with E-state index < -0.39 is 0 Å². The molecule has 0 aromatic heterocycles. The zero-order chi connectivity index (χ0) is 12.1. The summed E-state index contributed by atoms with van der Waals surface area (Å²) in [4.78, 5) is 0. The third kappa shape index (κ3) is 2.40. The number of methoxy groups -OCH3 is 2. The van der Waals surface area contributed by atoms with E-state index in [1.54, 1.807) is 18.2 Å². The van der Waals surface area contributed by atoms with Crippen LogP contribution >= 0.6 is 11.6 Å². The second kappa shape index (κ2) is 5.63. The number of phenols is 1. The van der Waals surface area contributed by atoms with Crippen LogP contribution in [0.25, 0.3) is 6.08 Å². The third-order valence-corrected chi connectivity index (χ3v) is 2.37. The molecule has 3 N–H and O–H groups in total. The standard InChI is InChI=1S/C11H14ClNO3/c1-15-9-6-8(12)7(4-3-5-13)10(14)11(9)16-2/h3-4,6,14H,5,13H2,1-2H3/b4-3+. The molecule has 0 unspecified atom stereocenters. The molecule has 1 aromatic rings. The summed E-state index contributed by atoms with van der Waals surface area (Å²) in [5.41, 5.74) is 5.80. The Hall–Kier alpha value is -1.39. The molecule has 0 radical (unpaired) electrons. The fourth-order valence-corrected chi connectivity index (χ4v) is 1.56. The van der Waals surface area contributed by atoms with Gasteiger partial charge in [-0.05, 0) is 0 Å². The summed E-state index contributed by atoms with van der Waals surface area (Å²) in [6, 6.07) is 1.58. The van der Waals surface area contributed by atoms with E-state index in [2.05, 4.69) is 0 Å². The van der Waals surface area contributed by atoms with Gasteiger partial charge >= 0.3 is 0 Å². The maximum Gasteiger partial charge on any atom is 0.203 e. The largest absolute Gasteiger partial charge is 0.504 e. The van der Waals surface area contributed by atoms with Crippen LogP contribution in [0, 0.1) is 0 Å². The first-order chi connectivity index (χ1) is 7.65. The Morgan fingerprint density at radius 3 is 2.62 bits per heavy atom. The lowest BCUT2D eigenvalue weighted by molar-refractivity contribution is 0.333. The van der Waals surface area contributed by atoms with Crippen LogP contribution in [-0.4, -0.2) is 25.9 Å². The van der Waals surface area contributed by atoms with Gasteiger partial charge in [-0.3, -0.25) is 0 Å². The lowest BCUT2D eigenvalue weighted by Crippen LogP contribution is -1.94. The van der Waals surface area contributed by atoms with Gasteiger partial charge in [-0.25, -0.2) is 0 Å². The predicted octanol–water partition coefficient (Wildman–Crippen LogP) is 2.03. The number of phenolic OH excluding ortho intramolecular Hbond substituents is 1. The van der Waals surface area contributed by atoms with Crippen molar-refractivity contribution in [2.75, 3.05) is 20.8 Å². The highest BCUT2D eigenvalue weighted by Gasteiger charge is 2.16. The molecule has 0 aliphatic carbocycles. The average Bonchev–Trinajstić information content (AvgIpc) is 2.28. The zero-order valence-electron chi connectivity index (χ0n) is 9.16. The second-order valence-corrected chi connectivity index (χ2v) is 3.40. The van der Waals surface area contributed by atoms with Crippen molar-refractivity contribution < 1.29 is 14.6 Å². The van der Waals surface area contributed by atoms with Crippen LogP contribution in [0.3, 0.4) is 0 Å². The molecule has 1 aromatic carbocycles. The molecule has 0 saturated heterocycles. The van der Waals surface area contributed by atoms with E-state index in [0.29, 0.717) is 22.9 Å². The molecule has 1 rings (SSSR count). The van der Waals surface area contributed by atoms with Gasteiger partial charge in [0.25, 0.3) is 0 Å². The molecule has 0 aliphatic heterocycles. The van der Waals surface area contributed by atoms with Gasteiger partial charge in [0, 0.05) is 18.2 Å². The highest BCUT2D eigenvalue weighted by molar-refractivity contribution is 6.32. The molecule has 4 nitrogen and oxygen atoms in total. The quantitative estimate of drug-likeness (QED) is 0.849. The summed E-state index contributed by atoms with van der Waals surface area (Å²) in [5.74, 6) is 0.579. The number of hydrogen-bond acceptors (Lipinski definition) is 4. The van der Waals surface area contributed by atoms with Gasteiger partial charge in [-0.15, -0.1) is 0 Å². The predicted molar refractivity (Wildman–Crippen MR) is 64.3 cm³/mol. The molecule has 0 heterocycles. The topological polar surface area (TPSA) is 64.7 Å². The number of ether oxygens (including phenoxy) is 2. The number of nitrogens with two attached hydrogens (primary N) is 1. The van der Waals surface area contributed by atoms with Crippen molar-refractivity contribution in [2.45, 2.75) is 0 Å². The third-order valence-electron chi connectivity index (χ3n) is 2.05. The Morgan fingerprint density at radius 1 is 1.44 bits per heavy atom. The molecule has 88 valence electrons. The summed E-state index contributed by atoms with van der Waals surface area (Å²) in [6.45, 7) is 0.365. The van der Waals surface area contributed by atoms with E-state index in [1.807, 2.05) is 0 Å². The van der Waals surface area contributed by atoms with Crippen molar-refractivity contribution in [1.82, 2.24) is 0 Å². The van der Waals surface area contributed by atoms with Crippen molar-refractivity contribution in [3.8, 4) is 17.2 Å². The molecule has 0 fully saturated rings. The molecule has 0 aliphatic rings. The normalized spacial score (nSPS) is 10.8. The molecular weight excluding hydrogens is 230 g/mol. The number of rotatable bonds is 4. The van der Waals surface area contributed by atoms with Crippen LogP contribution in [0.2, 0.25) is 5.02 Å². The van der Waals surface area contributed by atoms with Crippen LogP contribution in [0.4, 0.5) is 0 Å². The highest BCUT2D eigenvalue weighted by atomic mass is 35.5. The van der Waals surface area contributed by atoms with Crippen molar-refractivity contribution in [3.63, 3.8) is 0 Å². The minimum Gasteiger partial charge on any atom is -0.504 e. The van der Waals surface area contributed by atoms with Gasteiger partial charge in [-0.1, -0.05) is 23.8 Å². The number of halogens is 1. The van der Waals surface area contributed by atoms with Gasteiger partial charge in [-0.2, -0.15) is 0 Å². The summed E-state index contributed by atoms with van der Waals surface area (Å²) in [6.07, 6.45) is 3.33. The van der Waals surface area contributed by atoms with Crippen LogP contribution < -0.4 is 15.2 Å². The smallest absolute Gasteiger partial charge is 0.203 e. The molecule has 0 bridgehead atoms. The van der Waals surface area contributed by atoms with Crippen molar-refractivity contribution in [3.05, 3.63) is 22.7 Å². The monoisotopic (exact) mass is 243 g/mol.